The molecule has 2 N–H and O–H groups in total. The third kappa shape index (κ3) is 6.50. The quantitative estimate of drug-likeness (QED) is 0.311. The first-order chi connectivity index (χ1) is 20.1. The van der Waals surface area contributed by atoms with Crippen LogP contribution in [0.15, 0.2) is 24.3 Å². The van der Waals surface area contributed by atoms with Crippen LogP contribution in [-0.4, -0.2) is 27.8 Å². The van der Waals surface area contributed by atoms with Crippen molar-refractivity contribution in [3.8, 4) is 11.5 Å². The molecule has 2 aliphatic rings. The molecule has 0 aromatic heterocycles. The van der Waals surface area contributed by atoms with Crippen LogP contribution in [0.5, 0.6) is 11.5 Å². The normalized spacial score (nSPS) is 31.6. The zero-order valence-electron chi connectivity index (χ0n) is 30.8. The summed E-state index contributed by atoms with van der Waals surface area (Å²) >= 11 is 0. The van der Waals surface area contributed by atoms with Crippen molar-refractivity contribution in [2.24, 2.45) is 41.4 Å². The Morgan fingerprint density at radius 2 is 1.14 bits per heavy atom. The maximum Gasteiger partial charge on any atom is 0.118 e. The van der Waals surface area contributed by atoms with Crippen molar-refractivity contribution in [3.05, 3.63) is 46.5 Å². The van der Waals surface area contributed by atoms with Crippen LogP contribution in [0.4, 0.5) is 0 Å². The Hall–Kier alpha value is -1.53. The fourth-order valence-corrected chi connectivity index (χ4v) is 16.0. The first kappa shape index (κ1) is 35.3. The van der Waals surface area contributed by atoms with E-state index in [0.29, 0.717) is 74.0 Å². The molecular formula is C40H64O2Si2. The Kier molecular flexibility index (Phi) is 9.84. The highest BCUT2D eigenvalue weighted by molar-refractivity contribution is 6.91. The molecule has 2 fully saturated rings. The molecule has 2 radical (unpaired) electrons. The molecule has 4 heteroatoms. The molecule has 2 aliphatic carbocycles. The summed E-state index contributed by atoms with van der Waals surface area (Å²) < 4.78 is 0. The van der Waals surface area contributed by atoms with Crippen molar-refractivity contribution in [1.29, 1.82) is 0 Å². The Balaban J connectivity index is 1.85. The highest BCUT2D eigenvalue weighted by atomic mass is 28.3. The molecule has 44 heavy (non-hydrogen) atoms. The summed E-state index contributed by atoms with van der Waals surface area (Å²) in [6.07, 6.45) is 1.83. The Morgan fingerprint density at radius 1 is 0.659 bits per heavy atom. The third-order valence-corrected chi connectivity index (χ3v) is 19.4. The molecule has 2 aromatic carbocycles. The van der Waals surface area contributed by atoms with E-state index in [0.717, 1.165) is 22.2 Å². The largest absolute Gasteiger partial charge is 0.508 e. The van der Waals surface area contributed by atoms with Gasteiger partial charge in [-0.2, -0.15) is 0 Å². The van der Waals surface area contributed by atoms with Gasteiger partial charge in [-0.05, 0) is 102 Å². The molecule has 2 aromatic rings. The number of rotatable bonds is 6. The number of phenols is 2. The first-order valence-electron chi connectivity index (χ1n) is 17.6. The zero-order valence-corrected chi connectivity index (χ0v) is 32.8. The van der Waals surface area contributed by atoms with Gasteiger partial charge in [0.15, 0.2) is 0 Å². The van der Waals surface area contributed by atoms with Crippen LogP contribution >= 0.6 is 0 Å². The van der Waals surface area contributed by atoms with Gasteiger partial charge in [-0.1, -0.05) is 127 Å². The van der Waals surface area contributed by atoms with Gasteiger partial charge >= 0.3 is 0 Å². The maximum atomic E-state index is 12.2. The van der Waals surface area contributed by atoms with Gasteiger partial charge in [0.1, 0.15) is 11.5 Å². The number of phenolic OH excluding ortho intramolecular Hbond substituents is 2. The molecular weight excluding hydrogens is 569 g/mol. The van der Waals surface area contributed by atoms with E-state index in [9.17, 15) is 10.2 Å². The van der Waals surface area contributed by atoms with E-state index in [-0.39, 0.29) is 10.8 Å². The first-order valence-corrected chi connectivity index (χ1v) is 21.7. The molecule has 8 atom stereocenters. The van der Waals surface area contributed by atoms with E-state index in [2.05, 4.69) is 127 Å². The highest BCUT2D eigenvalue weighted by Crippen LogP contribution is 2.54. The van der Waals surface area contributed by atoms with E-state index >= 15 is 0 Å². The van der Waals surface area contributed by atoms with Crippen LogP contribution in [0.2, 0.25) is 24.2 Å². The lowest BCUT2D eigenvalue weighted by molar-refractivity contribution is 0.352. The Bertz CT molecular complexity index is 1330. The van der Waals surface area contributed by atoms with Crippen molar-refractivity contribution in [2.45, 2.75) is 138 Å². The van der Waals surface area contributed by atoms with Gasteiger partial charge in [-0.25, -0.2) is 0 Å². The van der Waals surface area contributed by atoms with Crippen LogP contribution in [0.1, 0.15) is 119 Å². The topological polar surface area (TPSA) is 40.5 Å². The Morgan fingerprint density at radius 3 is 1.59 bits per heavy atom. The third-order valence-electron chi connectivity index (χ3n) is 12.8. The summed E-state index contributed by atoms with van der Waals surface area (Å²) in [6.45, 7) is 35.7. The SMILES string of the molecule is CC1CC(C)C([Si]c2cc(C(C)(C)C)cc(Cc3cc(C(C)(C)C)cc([Si](C)(C)C4C(C)C(C)C(C)C4C)c3O)c2O)C1C. The average molecular weight is 633 g/mol. The van der Waals surface area contributed by atoms with Crippen LogP contribution in [0.3, 0.4) is 0 Å². The second kappa shape index (κ2) is 12.2. The van der Waals surface area contributed by atoms with Gasteiger partial charge < -0.3 is 10.2 Å². The maximum absolute atomic E-state index is 12.2. The minimum Gasteiger partial charge on any atom is -0.508 e. The van der Waals surface area contributed by atoms with Crippen molar-refractivity contribution < 1.29 is 10.2 Å². The molecule has 0 bridgehead atoms. The number of benzene rings is 2. The molecule has 2 nitrogen and oxygen atoms in total. The molecule has 0 amide bonds. The summed E-state index contributed by atoms with van der Waals surface area (Å²) in [7, 11) is -1.49. The van der Waals surface area contributed by atoms with E-state index < -0.39 is 8.07 Å². The average Bonchev–Trinajstić information content (AvgIpc) is 3.25. The molecule has 4 rings (SSSR count). The van der Waals surface area contributed by atoms with Crippen molar-refractivity contribution in [2.75, 3.05) is 0 Å². The van der Waals surface area contributed by atoms with Crippen molar-refractivity contribution >= 4 is 28.0 Å². The lowest BCUT2D eigenvalue weighted by atomic mass is 9.83. The summed E-state index contributed by atoms with van der Waals surface area (Å²) in [5.74, 6) is 5.67. The summed E-state index contributed by atoms with van der Waals surface area (Å²) in [4.78, 5) is 0. The predicted octanol–water partition coefficient (Wildman–Crippen LogP) is 9.56. The lowest BCUT2D eigenvalue weighted by Crippen LogP contribution is -2.49. The molecule has 0 aliphatic heterocycles. The lowest BCUT2D eigenvalue weighted by Gasteiger charge is -2.38. The fraction of sp³-hybridized carbons (Fsp3) is 0.700. The summed E-state index contributed by atoms with van der Waals surface area (Å²) in [6, 6.07) is 9.12. The summed E-state index contributed by atoms with van der Waals surface area (Å²) in [5, 5.41) is 26.5. The van der Waals surface area contributed by atoms with Crippen LogP contribution < -0.4 is 10.4 Å². The molecule has 0 spiro atoms. The standard InChI is InChI=1S/C40H64O2Si2/c1-22-16-23(2)37(24(22)3)43-33-20-31(39(8,9)10)18-29(35(33)41)17-30-19-32(40(11,12)13)21-34(36(30)42)44(14,15)38-27(6)25(4)26(5)28(38)7/h18-28,37-38,41-42H,16-17H2,1-15H3. The molecule has 0 heterocycles. The van der Waals surface area contributed by atoms with Gasteiger partial charge in [0.2, 0.25) is 0 Å². The van der Waals surface area contributed by atoms with Gasteiger partial charge in [0.05, 0.1) is 17.6 Å². The minimum atomic E-state index is -2.08. The van der Waals surface area contributed by atoms with Gasteiger partial charge in [0, 0.05) is 6.42 Å². The van der Waals surface area contributed by atoms with Gasteiger partial charge in [0.25, 0.3) is 0 Å². The van der Waals surface area contributed by atoms with E-state index in [1.165, 1.54) is 22.7 Å². The second-order valence-corrected chi connectivity index (χ2v) is 24.3. The monoisotopic (exact) mass is 632 g/mol. The molecule has 0 saturated heterocycles. The second-order valence-electron chi connectivity index (χ2n) is 18.1. The summed E-state index contributed by atoms with van der Waals surface area (Å²) in [5.41, 5.74) is 5.65. The molecule has 8 unspecified atom stereocenters. The number of hydrogen-bond acceptors (Lipinski definition) is 2. The van der Waals surface area contributed by atoms with Crippen LogP contribution in [-0.2, 0) is 17.3 Å². The zero-order chi connectivity index (χ0) is 33.3. The Labute approximate surface area is 274 Å². The van der Waals surface area contributed by atoms with Crippen LogP contribution in [0.25, 0.3) is 0 Å². The van der Waals surface area contributed by atoms with Crippen molar-refractivity contribution in [3.63, 3.8) is 0 Å². The predicted molar refractivity (Wildman–Crippen MR) is 195 cm³/mol. The van der Waals surface area contributed by atoms with Crippen LogP contribution in [0, 0.1) is 41.4 Å². The van der Waals surface area contributed by atoms with Gasteiger partial charge in [-0.15, -0.1) is 0 Å². The van der Waals surface area contributed by atoms with Gasteiger partial charge in [-0.3, -0.25) is 0 Å². The van der Waals surface area contributed by atoms with E-state index in [1.54, 1.807) is 0 Å². The molecule has 244 valence electrons. The molecule has 2 saturated carbocycles. The van der Waals surface area contributed by atoms with E-state index in [4.69, 9.17) is 0 Å². The highest BCUT2D eigenvalue weighted by Gasteiger charge is 2.51. The number of aromatic hydroxyl groups is 2. The smallest absolute Gasteiger partial charge is 0.118 e. The fourth-order valence-electron chi connectivity index (χ4n) is 9.19. The van der Waals surface area contributed by atoms with E-state index in [1.807, 2.05) is 0 Å². The number of hydrogen-bond donors (Lipinski definition) is 2. The minimum absolute atomic E-state index is 0.0284. The van der Waals surface area contributed by atoms with Crippen molar-refractivity contribution in [1.82, 2.24) is 0 Å².